The van der Waals surface area contributed by atoms with E-state index in [9.17, 15) is 10.1 Å². The highest BCUT2D eigenvalue weighted by molar-refractivity contribution is 5.55. The molecule has 2 rings (SSSR count). The molecule has 0 aromatic carbocycles. The summed E-state index contributed by atoms with van der Waals surface area (Å²) in [4.78, 5) is 16.3. The zero-order valence-corrected chi connectivity index (χ0v) is 11.8. The van der Waals surface area contributed by atoms with Gasteiger partial charge >= 0.3 is 0 Å². The number of pyridine rings is 1. The summed E-state index contributed by atoms with van der Waals surface area (Å²) in [5.41, 5.74) is -0.0319. The van der Waals surface area contributed by atoms with E-state index in [1.165, 1.54) is 6.07 Å². The molecule has 21 heavy (non-hydrogen) atoms. The highest BCUT2D eigenvalue weighted by Crippen LogP contribution is 2.18. The normalized spacial score (nSPS) is 19.0. The molecule has 8 nitrogen and oxygen atoms in total. The Morgan fingerprint density at radius 2 is 2.52 bits per heavy atom. The molecular formula is C13H17N5O3. The fourth-order valence-corrected chi connectivity index (χ4v) is 2.18. The number of likely N-dealkylation sites (N-methyl/N-ethyl adjacent to an activating group) is 1. The van der Waals surface area contributed by atoms with E-state index in [0.29, 0.717) is 19.0 Å². The summed E-state index contributed by atoms with van der Waals surface area (Å²) < 4.78 is 5.64. The van der Waals surface area contributed by atoms with E-state index < -0.39 is 4.92 Å². The molecule has 1 unspecified atom stereocenters. The molecule has 1 aromatic heterocycles. The first-order valence-electron chi connectivity index (χ1n) is 6.76. The Morgan fingerprint density at radius 1 is 1.71 bits per heavy atom. The average molecular weight is 291 g/mol. The number of ether oxygens (including phenoxy) is 1. The lowest BCUT2D eigenvalue weighted by Gasteiger charge is -2.32. The molecule has 1 fully saturated rings. The van der Waals surface area contributed by atoms with Gasteiger partial charge in [-0.15, -0.1) is 0 Å². The number of rotatable bonds is 5. The van der Waals surface area contributed by atoms with Gasteiger partial charge in [-0.25, -0.2) is 4.98 Å². The van der Waals surface area contributed by atoms with E-state index in [2.05, 4.69) is 22.1 Å². The first-order valence-corrected chi connectivity index (χ1v) is 6.76. The van der Waals surface area contributed by atoms with Gasteiger partial charge in [-0.1, -0.05) is 6.92 Å². The number of nitriles is 1. The number of morpholine rings is 1. The van der Waals surface area contributed by atoms with Gasteiger partial charge in [0.2, 0.25) is 0 Å². The van der Waals surface area contributed by atoms with E-state index in [-0.39, 0.29) is 17.4 Å². The standard InChI is InChI=1S/C13H17N5O3/c1-2-17-3-4-21-12(9-17)8-16-13-10(6-14)5-11(7-15-13)18(19)20/h5,7,12H,2-4,8-9H2,1H3,(H,15,16). The summed E-state index contributed by atoms with van der Waals surface area (Å²) in [6.45, 7) is 6.00. The zero-order valence-electron chi connectivity index (χ0n) is 11.8. The Morgan fingerprint density at radius 3 is 3.19 bits per heavy atom. The molecule has 1 aliphatic heterocycles. The van der Waals surface area contributed by atoms with Crippen molar-refractivity contribution in [2.75, 3.05) is 38.1 Å². The zero-order chi connectivity index (χ0) is 15.2. The molecule has 1 atom stereocenters. The maximum absolute atomic E-state index is 10.7. The molecule has 1 aromatic rings. The van der Waals surface area contributed by atoms with Gasteiger partial charge in [0, 0.05) is 25.7 Å². The van der Waals surface area contributed by atoms with Crippen molar-refractivity contribution < 1.29 is 9.66 Å². The topological polar surface area (TPSA) is 104 Å². The van der Waals surface area contributed by atoms with E-state index in [1.807, 2.05) is 6.07 Å². The number of hydrogen-bond donors (Lipinski definition) is 1. The number of anilines is 1. The van der Waals surface area contributed by atoms with Crippen LogP contribution in [0.2, 0.25) is 0 Å². The van der Waals surface area contributed by atoms with Crippen molar-refractivity contribution in [2.45, 2.75) is 13.0 Å². The van der Waals surface area contributed by atoms with Crippen LogP contribution >= 0.6 is 0 Å². The molecule has 1 N–H and O–H groups in total. The minimum atomic E-state index is -0.568. The van der Waals surface area contributed by atoms with E-state index in [1.54, 1.807) is 0 Å². The maximum Gasteiger partial charge on any atom is 0.289 e. The van der Waals surface area contributed by atoms with Crippen molar-refractivity contribution in [1.29, 1.82) is 5.26 Å². The lowest BCUT2D eigenvalue weighted by Crippen LogP contribution is -2.45. The fraction of sp³-hybridized carbons (Fsp3) is 0.538. The van der Waals surface area contributed by atoms with E-state index in [0.717, 1.165) is 25.8 Å². The largest absolute Gasteiger partial charge is 0.374 e. The highest BCUT2D eigenvalue weighted by atomic mass is 16.6. The number of nitro groups is 1. The number of nitrogens with one attached hydrogen (secondary N) is 1. The van der Waals surface area contributed by atoms with Crippen molar-refractivity contribution in [2.24, 2.45) is 0 Å². The lowest BCUT2D eigenvalue weighted by molar-refractivity contribution is -0.385. The fourth-order valence-electron chi connectivity index (χ4n) is 2.18. The van der Waals surface area contributed by atoms with Gasteiger partial charge in [0.25, 0.3) is 5.69 Å². The van der Waals surface area contributed by atoms with Crippen LogP contribution in [0.25, 0.3) is 0 Å². The molecule has 8 heteroatoms. The SMILES string of the molecule is CCN1CCOC(CNc2ncc([N+](=O)[O-])cc2C#N)C1. The smallest absolute Gasteiger partial charge is 0.289 e. The average Bonchev–Trinajstić information content (AvgIpc) is 2.52. The highest BCUT2D eigenvalue weighted by Gasteiger charge is 2.20. The third kappa shape index (κ3) is 3.87. The van der Waals surface area contributed by atoms with Crippen molar-refractivity contribution in [1.82, 2.24) is 9.88 Å². The van der Waals surface area contributed by atoms with Crippen LogP contribution in [-0.4, -0.2) is 53.7 Å². The third-order valence-electron chi connectivity index (χ3n) is 3.37. The number of nitrogens with zero attached hydrogens (tertiary/aromatic N) is 4. The minimum absolute atomic E-state index is 0.0160. The van der Waals surface area contributed by atoms with Crippen LogP contribution in [0.1, 0.15) is 12.5 Å². The van der Waals surface area contributed by atoms with Crippen LogP contribution in [0.15, 0.2) is 12.3 Å². The summed E-state index contributed by atoms with van der Waals surface area (Å²) in [7, 11) is 0. The predicted octanol–water partition coefficient (Wildman–Crippen LogP) is 0.994. The van der Waals surface area contributed by atoms with Crippen molar-refractivity contribution in [3.63, 3.8) is 0 Å². The maximum atomic E-state index is 10.7. The molecule has 0 aliphatic carbocycles. The Hall–Kier alpha value is -2.24. The second-order valence-electron chi connectivity index (χ2n) is 4.73. The number of hydrogen-bond acceptors (Lipinski definition) is 7. The van der Waals surface area contributed by atoms with Crippen LogP contribution in [0.4, 0.5) is 11.5 Å². The molecule has 0 amide bonds. The van der Waals surface area contributed by atoms with Gasteiger partial charge in [-0.3, -0.25) is 15.0 Å². The predicted molar refractivity (Wildman–Crippen MR) is 76.0 cm³/mol. The van der Waals surface area contributed by atoms with Crippen LogP contribution in [0.3, 0.4) is 0 Å². The summed E-state index contributed by atoms with van der Waals surface area (Å²) in [6.07, 6.45) is 1.16. The molecular weight excluding hydrogens is 274 g/mol. The van der Waals surface area contributed by atoms with Crippen LogP contribution in [-0.2, 0) is 4.74 Å². The molecule has 1 aliphatic rings. The van der Waals surface area contributed by atoms with Gasteiger partial charge < -0.3 is 10.1 Å². The van der Waals surface area contributed by atoms with Crippen molar-refractivity contribution in [3.8, 4) is 6.07 Å². The molecule has 112 valence electrons. The summed E-state index contributed by atoms with van der Waals surface area (Å²) in [5.74, 6) is 0.348. The Kier molecular flexibility index (Phi) is 5.03. The molecule has 1 saturated heterocycles. The summed E-state index contributed by atoms with van der Waals surface area (Å²) in [5, 5.41) is 22.8. The Balaban J connectivity index is 2.00. The van der Waals surface area contributed by atoms with Gasteiger partial charge in [0.1, 0.15) is 23.6 Å². The van der Waals surface area contributed by atoms with Crippen molar-refractivity contribution >= 4 is 11.5 Å². The van der Waals surface area contributed by atoms with Crippen molar-refractivity contribution in [3.05, 3.63) is 27.9 Å². The molecule has 2 heterocycles. The lowest BCUT2D eigenvalue weighted by atomic mass is 10.2. The molecule has 0 bridgehead atoms. The van der Waals surface area contributed by atoms with Gasteiger partial charge in [0.05, 0.1) is 17.6 Å². The summed E-state index contributed by atoms with van der Waals surface area (Å²) >= 11 is 0. The van der Waals surface area contributed by atoms with Crippen LogP contribution < -0.4 is 5.32 Å². The number of aromatic nitrogens is 1. The van der Waals surface area contributed by atoms with E-state index in [4.69, 9.17) is 10.00 Å². The van der Waals surface area contributed by atoms with E-state index >= 15 is 0 Å². The first-order chi connectivity index (χ1) is 10.1. The van der Waals surface area contributed by atoms with Gasteiger partial charge in [-0.2, -0.15) is 5.26 Å². The minimum Gasteiger partial charge on any atom is -0.374 e. The second-order valence-corrected chi connectivity index (χ2v) is 4.73. The Labute approximate surface area is 122 Å². The second kappa shape index (κ2) is 6.97. The quantitative estimate of drug-likeness (QED) is 0.637. The van der Waals surface area contributed by atoms with Gasteiger partial charge in [0.15, 0.2) is 0 Å². The Bertz CT molecular complexity index is 557. The molecule has 0 saturated carbocycles. The summed E-state index contributed by atoms with van der Waals surface area (Å²) in [6, 6.07) is 3.14. The third-order valence-corrected chi connectivity index (χ3v) is 3.37. The van der Waals surface area contributed by atoms with Gasteiger partial charge in [-0.05, 0) is 6.54 Å². The monoisotopic (exact) mass is 291 g/mol. The molecule has 0 radical (unpaired) electrons. The van der Waals surface area contributed by atoms with Crippen LogP contribution in [0.5, 0.6) is 0 Å². The van der Waals surface area contributed by atoms with Crippen LogP contribution in [0, 0.1) is 21.4 Å². The molecule has 0 spiro atoms. The first kappa shape index (κ1) is 15.2.